The van der Waals surface area contributed by atoms with Gasteiger partial charge in [-0.05, 0) is 43.2 Å². The van der Waals surface area contributed by atoms with Crippen LogP contribution in [-0.2, 0) is 9.84 Å². The number of fused-ring (bicyclic) bond motifs is 6. The molecular formula is C31H20F3N3O6S. The number of pyridine rings is 2. The maximum atomic E-state index is 13.9. The Morgan fingerprint density at radius 3 is 2.05 bits per heavy atom. The highest BCUT2D eigenvalue weighted by Gasteiger charge is 2.41. The summed E-state index contributed by atoms with van der Waals surface area (Å²) >= 11 is 0. The number of carbonyl (C=O) groups is 3. The van der Waals surface area contributed by atoms with Crippen LogP contribution in [0, 0.1) is 0 Å². The number of ketones is 1. The second-order valence-electron chi connectivity index (χ2n) is 10.5. The standard InChI is InChI=1S/C31H20F3N3O6S/c32-31(33,34)28(38)16-13-24(27-26(29(35)39)20-6-2-4-8-22(20)37(27)14-16)43-30(40)25-19-5-1-3-7-21(19)36-15-18(11-12-23(25)36)44(41,42)17-9-10-17/h1-8,11-15,17H,9-10H2,(H2,35,39). The van der Waals surface area contributed by atoms with E-state index in [1.165, 1.54) is 34.9 Å². The van der Waals surface area contributed by atoms with Crippen molar-refractivity contribution in [3.63, 3.8) is 0 Å². The van der Waals surface area contributed by atoms with Crippen LogP contribution < -0.4 is 10.5 Å². The summed E-state index contributed by atoms with van der Waals surface area (Å²) in [6, 6.07) is 16.5. The molecule has 9 nitrogen and oxygen atoms in total. The molecule has 222 valence electrons. The van der Waals surface area contributed by atoms with E-state index in [0.29, 0.717) is 23.7 Å². The first-order valence-electron chi connectivity index (χ1n) is 13.3. The number of alkyl halides is 3. The molecule has 13 heteroatoms. The molecule has 0 unspecified atom stereocenters. The number of ether oxygens (including phenoxy) is 1. The first-order chi connectivity index (χ1) is 20.9. The van der Waals surface area contributed by atoms with E-state index in [9.17, 15) is 36.0 Å². The van der Waals surface area contributed by atoms with Gasteiger partial charge in [0.2, 0.25) is 0 Å². The summed E-state index contributed by atoms with van der Waals surface area (Å²) in [5.41, 5.74) is 5.66. The van der Waals surface area contributed by atoms with Gasteiger partial charge in [-0.25, -0.2) is 13.2 Å². The number of hydrogen-bond acceptors (Lipinski definition) is 6. The summed E-state index contributed by atoms with van der Waals surface area (Å²) in [5.74, 6) is -4.62. The summed E-state index contributed by atoms with van der Waals surface area (Å²) in [6.07, 6.45) is -1.76. The molecule has 0 saturated heterocycles. The number of benzene rings is 2. The number of sulfone groups is 1. The van der Waals surface area contributed by atoms with Crippen molar-refractivity contribution in [3.8, 4) is 5.75 Å². The Morgan fingerprint density at radius 2 is 1.43 bits per heavy atom. The number of rotatable bonds is 6. The third kappa shape index (κ3) is 4.14. The van der Waals surface area contributed by atoms with Crippen LogP contribution >= 0.6 is 0 Å². The van der Waals surface area contributed by atoms with Crippen LogP contribution in [0.15, 0.2) is 84.0 Å². The van der Waals surface area contributed by atoms with Crippen molar-refractivity contribution in [3.05, 3.63) is 95.8 Å². The Labute approximate surface area is 246 Å². The second kappa shape index (κ2) is 9.41. The van der Waals surface area contributed by atoms with Crippen molar-refractivity contribution in [1.29, 1.82) is 0 Å². The van der Waals surface area contributed by atoms with Gasteiger partial charge in [0.15, 0.2) is 15.6 Å². The fraction of sp³-hybridized carbons (Fsp3) is 0.129. The zero-order valence-electron chi connectivity index (χ0n) is 22.5. The quantitative estimate of drug-likeness (QED) is 0.194. The average molecular weight is 620 g/mol. The molecule has 7 rings (SSSR count). The normalized spacial score (nSPS) is 14.1. The van der Waals surface area contributed by atoms with Gasteiger partial charge in [0.05, 0.1) is 37.8 Å². The van der Waals surface area contributed by atoms with Crippen LogP contribution in [0.4, 0.5) is 13.2 Å². The minimum absolute atomic E-state index is 0.00148. The molecule has 2 aromatic carbocycles. The van der Waals surface area contributed by atoms with E-state index < -0.39 is 50.2 Å². The Balaban J connectivity index is 1.45. The van der Waals surface area contributed by atoms with Gasteiger partial charge in [-0.3, -0.25) is 9.59 Å². The molecule has 44 heavy (non-hydrogen) atoms. The first-order valence-corrected chi connectivity index (χ1v) is 14.9. The molecule has 1 saturated carbocycles. The number of carbonyl (C=O) groups excluding carboxylic acids is 3. The maximum Gasteiger partial charge on any atom is 0.454 e. The molecule has 0 radical (unpaired) electrons. The van der Waals surface area contributed by atoms with Crippen LogP contribution in [0.5, 0.6) is 5.75 Å². The van der Waals surface area contributed by atoms with Crippen molar-refractivity contribution in [2.75, 3.05) is 0 Å². The first kappa shape index (κ1) is 27.7. The molecule has 1 fully saturated rings. The lowest BCUT2D eigenvalue weighted by Gasteiger charge is -2.12. The molecule has 2 N–H and O–H groups in total. The number of nitrogens with zero attached hydrogens (tertiary/aromatic N) is 2. The maximum absolute atomic E-state index is 13.9. The second-order valence-corrected chi connectivity index (χ2v) is 12.8. The third-order valence-corrected chi connectivity index (χ3v) is 10.0. The summed E-state index contributed by atoms with van der Waals surface area (Å²) in [4.78, 5) is 39.0. The molecule has 1 amide bonds. The summed E-state index contributed by atoms with van der Waals surface area (Å²) in [7, 11) is -3.57. The number of amides is 1. The largest absolute Gasteiger partial charge is 0.454 e. The van der Waals surface area contributed by atoms with Gasteiger partial charge in [-0.15, -0.1) is 0 Å². The number of Topliss-reactive ketones (excluding diaryl/α,β-unsaturated/α-hetero) is 1. The van der Waals surface area contributed by atoms with Crippen molar-refractivity contribution in [2.45, 2.75) is 29.2 Å². The lowest BCUT2D eigenvalue weighted by molar-refractivity contribution is -0.0885. The smallest absolute Gasteiger partial charge is 0.421 e. The number of primary amides is 1. The Bertz CT molecular complexity index is 2350. The highest BCUT2D eigenvalue weighted by molar-refractivity contribution is 7.92. The minimum atomic E-state index is -5.24. The van der Waals surface area contributed by atoms with Crippen molar-refractivity contribution in [2.24, 2.45) is 5.73 Å². The molecule has 0 aliphatic heterocycles. The molecule has 1 aliphatic rings. The molecular weight excluding hydrogens is 599 g/mol. The number of aromatic nitrogens is 2. The topological polar surface area (TPSA) is 129 Å². The van der Waals surface area contributed by atoms with E-state index in [2.05, 4.69) is 0 Å². The Morgan fingerprint density at radius 1 is 0.818 bits per heavy atom. The number of para-hydroxylation sites is 2. The van der Waals surface area contributed by atoms with Gasteiger partial charge in [-0.1, -0.05) is 36.4 Å². The van der Waals surface area contributed by atoms with Gasteiger partial charge < -0.3 is 19.3 Å². The molecule has 4 aromatic heterocycles. The van der Waals surface area contributed by atoms with Gasteiger partial charge in [-0.2, -0.15) is 13.2 Å². The molecule has 6 aromatic rings. The Hall–Kier alpha value is -5.17. The predicted molar refractivity (Wildman–Crippen MR) is 154 cm³/mol. The van der Waals surface area contributed by atoms with Crippen LogP contribution in [0.25, 0.3) is 32.8 Å². The summed E-state index contributed by atoms with van der Waals surface area (Å²) in [6.45, 7) is 0. The highest BCUT2D eigenvalue weighted by Crippen LogP contribution is 2.38. The fourth-order valence-electron chi connectivity index (χ4n) is 5.66. The number of esters is 1. The van der Waals surface area contributed by atoms with E-state index >= 15 is 0 Å². The highest BCUT2D eigenvalue weighted by atomic mass is 32.2. The van der Waals surface area contributed by atoms with Gasteiger partial charge >= 0.3 is 12.1 Å². The predicted octanol–water partition coefficient (Wildman–Crippen LogP) is 5.50. The molecule has 0 spiro atoms. The van der Waals surface area contributed by atoms with Crippen LogP contribution in [0.1, 0.15) is 43.9 Å². The van der Waals surface area contributed by atoms with E-state index in [1.54, 1.807) is 40.8 Å². The molecule has 0 bridgehead atoms. The fourth-order valence-corrected chi connectivity index (χ4v) is 7.31. The summed E-state index contributed by atoms with van der Waals surface area (Å²) in [5, 5.41) is 0.197. The lowest BCUT2D eigenvalue weighted by Crippen LogP contribution is -2.23. The summed E-state index contributed by atoms with van der Waals surface area (Å²) < 4.78 is 74.9. The average Bonchev–Trinajstić information content (AvgIpc) is 3.73. The zero-order chi connectivity index (χ0) is 31.1. The molecule has 4 heterocycles. The van der Waals surface area contributed by atoms with Gasteiger partial charge in [0, 0.05) is 28.7 Å². The minimum Gasteiger partial charge on any atom is -0.421 e. The van der Waals surface area contributed by atoms with E-state index in [0.717, 1.165) is 12.3 Å². The molecule has 0 atom stereocenters. The third-order valence-electron chi connectivity index (χ3n) is 7.77. The van der Waals surface area contributed by atoms with Crippen LogP contribution in [-0.4, -0.2) is 46.3 Å². The van der Waals surface area contributed by atoms with Crippen LogP contribution in [0.3, 0.4) is 0 Å². The van der Waals surface area contributed by atoms with Crippen molar-refractivity contribution >= 4 is 60.3 Å². The number of hydrogen-bond donors (Lipinski definition) is 1. The van der Waals surface area contributed by atoms with E-state index in [1.807, 2.05) is 0 Å². The lowest BCUT2D eigenvalue weighted by atomic mass is 10.1. The zero-order valence-corrected chi connectivity index (χ0v) is 23.3. The monoisotopic (exact) mass is 619 g/mol. The SMILES string of the molecule is NC(=O)c1c2ccccc2n2cc(C(=O)C(F)(F)F)cc(OC(=O)c3c4ccccc4n4cc(S(=O)(=O)C5CC5)ccc34)c12. The number of halogens is 3. The van der Waals surface area contributed by atoms with Gasteiger partial charge in [0.1, 0.15) is 5.52 Å². The van der Waals surface area contributed by atoms with Crippen molar-refractivity contribution in [1.82, 2.24) is 8.80 Å². The van der Waals surface area contributed by atoms with Gasteiger partial charge in [0.25, 0.3) is 11.7 Å². The van der Waals surface area contributed by atoms with Crippen molar-refractivity contribution < 1.29 is 40.7 Å². The Kier molecular flexibility index (Phi) is 5.92. The number of nitrogens with two attached hydrogens (primary N) is 1. The van der Waals surface area contributed by atoms with E-state index in [-0.39, 0.29) is 38.0 Å². The van der Waals surface area contributed by atoms with Crippen LogP contribution in [0.2, 0.25) is 0 Å². The van der Waals surface area contributed by atoms with E-state index in [4.69, 9.17) is 10.5 Å². The molecule has 1 aliphatic carbocycles.